The number of hydrogen-bond donors (Lipinski definition) is 2. The van der Waals surface area contributed by atoms with Crippen molar-refractivity contribution in [1.82, 2.24) is 5.16 Å². The molecule has 1 atom stereocenters. The van der Waals surface area contributed by atoms with Crippen LogP contribution in [-0.2, 0) is 0 Å². The smallest absolute Gasteiger partial charge is 0.324 e. The minimum absolute atomic E-state index is 0.329. The lowest BCUT2D eigenvalue weighted by atomic mass is 9.97. The molecule has 0 fully saturated rings. The molecule has 5 nitrogen and oxygen atoms in total. The molecule has 1 aromatic heterocycles. The van der Waals surface area contributed by atoms with E-state index >= 15 is 0 Å². The maximum atomic E-state index is 11.8. The molecule has 100 valence electrons. The first-order valence-electron chi connectivity index (χ1n) is 6.28. The molecule has 5 heteroatoms. The van der Waals surface area contributed by atoms with Crippen molar-refractivity contribution in [2.75, 3.05) is 10.6 Å². The predicted molar refractivity (Wildman–Crippen MR) is 74.3 cm³/mol. The van der Waals surface area contributed by atoms with Gasteiger partial charge in [0, 0.05) is 11.8 Å². The number of aromatic nitrogens is 1. The van der Waals surface area contributed by atoms with Gasteiger partial charge in [-0.05, 0) is 24.0 Å². The van der Waals surface area contributed by atoms with Gasteiger partial charge in [-0.3, -0.25) is 5.32 Å². The third-order valence-electron chi connectivity index (χ3n) is 3.03. The van der Waals surface area contributed by atoms with Crippen LogP contribution in [0.15, 0.2) is 41.1 Å². The Bertz CT molecular complexity index is 537. The van der Waals surface area contributed by atoms with Crippen LogP contribution in [0.5, 0.6) is 0 Å². The van der Waals surface area contributed by atoms with Crippen LogP contribution in [0, 0.1) is 0 Å². The zero-order valence-corrected chi connectivity index (χ0v) is 11.0. The number of carbonyl (C=O) groups is 1. The molecule has 1 heterocycles. The SMILES string of the molecule is CCC(C)c1ccccc1NC(=O)Nc1ccon1. The molecule has 0 aliphatic rings. The average Bonchev–Trinajstić information content (AvgIpc) is 2.91. The van der Waals surface area contributed by atoms with E-state index in [1.165, 1.54) is 6.26 Å². The van der Waals surface area contributed by atoms with Gasteiger partial charge in [0.25, 0.3) is 0 Å². The van der Waals surface area contributed by atoms with Gasteiger partial charge >= 0.3 is 6.03 Å². The van der Waals surface area contributed by atoms with Crippen LogP contribution in [0.25, 0.3) is 0 Å². The molecule has 0 aliphatic heterocycles. The number of carbonyl (C=O) groups excluding carboxylic acids is 1. The fourth-order valence-corrected chi connectivity index (χ4v) is 1.81. The second-order valence-electron chi connectivity index (χ2n) is 4.36. The molecular formula is C14H17N3O2. The van der Waals surface area contributed by atoms with Crippen LogP contribution in [0.3, 0.4) is 0 Å². The summed E-state index contributed by atoms with van der Waals surface area (Å²) in [6.45, 7) is 4.26. The van der Waals surface area contributed by atoms with Crippen molar-refractivity contribution >= 4 is 17.5 Å². The van der Waals surface area contributed by atoms with Crippen LogP contribution in [0.2, 0.25) is 0 Å². The molecule has 19 heavy (non-hydrogen) atoms. The Morgan fingerprint density at radius 2 is 2.11 bits per heavy atom. The number of anilines is 2. The zero-order valence-electron chi connectivity index (χ0n) is 11.0. The molecule has 0 saturated carbocycles. The van der Waals surface area contributed by atoms with E-state index in [1.54, 1.807) is 6.07 Å². The van der Waals surface area contributed by atoms with E-state index in [4.69, 9.17) is 0 Å². The van der Waals surface area contributed by atoms with Crippen LogP contribution in [0.1, 0.15) is 31.7 Å². The minimum Gasteiger partial charge on any atom is -0.363 e. The Morgan fingerprint density at radius 3 is 2.79 bits per heavy atom. The van der Waals surface area contributed by atoms with Crippen molar-refractivity contribution in [2.45, 2.75) is 26.2 Å². The monoisotopic (exact) mass is 259 g/mol. The topological polar surface area (TPSA) is 67.2 Å². The summed E-state index contributed by atoms with van der Waals surface area (Å²) in [4.78, 5) is 11.8. The van der Waals surface area contributed by atoms with Gasteiger partial charge < -0.3 is 9.84 Å². The van der Waals surface area contributed by atoms with Gasteiger partial charge in [-0.2, -0.15) is 0 Å². The minimum atomic E-state index is -0.329. The van der Waals surface area contributed by atoms with Crippen molar-refractivity contribution in [3.8, 4) is 0 Å². The summed E-state index contributed by atoms with van der Waals surface area (Å²) in [6.07, 6.45) is 2.42. The summed E-state index contributed by atoms with van der Waals surface area (Å²) in [5, 5.41) is 9.06. The van der Waals surface area contributed by atoms with Crippen molar-refractivity contribution < 1.29 is 9.32 Å². The Labute approximate surface area is 112 Å². The molecule has 0 spiro atoms. The molecule has 0 saturated heterocycles. The predicted octanol–water partition coefficient (Wildman–Crippen LogP) is 3.83. The molecule has 2 amide bonds. The molecule has 2 N–H and O–H groups in total. The van der Waals surface area contributed by atoms with Gasteiger partial charge in [-0.1, -0.05) is 37.2 Å². The highest BCUT2D eigenvalue weighted by Gasteiger charge is 2.11. The van der Waals surface area contributed by atoms with Gasteiger partial charge in [0.2, 0.25) is 0 Å². The zero-order chi connectivity index (χ0) is 13.7. The lowest BCUT2D eigenvalue weighted by Gasteiger charge is -2.15. The number of para-hydroxylation sites is 1. The quantitative estimate of drug-likeness (QED) is 0.876. The Morgan fingerprint density at radius 1 is 1.32 bits per heavy atom. The van der Waals surface area contributed by atoms with E-state index in [0.717, 1.165) is 17.7 Å². The Kier molecular flexibility index (Phi) is 4.18. The van der Waals surface area contributed by atoms with E-state index in [2.05, 4.69) is 34.2 Å². The summed E-state index contributed by atoms with van der Waals surface area (Å²) in [5.74, 6) is 0.780. The molecular weight excluding hydrogens is 242 g/mol. The standard InChI is InChI=1S/C14H17N3O2/c1-3-10(2)11-6-4-5-7-12(11)15-14(18)16-13-8-9-19-17-13/h4-10H,3H2,1-2H3,(H2,15,16,17,18). The van der Waals surface area contributed by atoms with Crippen molar-refractivity contribution in [3.63, 3.8) is 0 Å². The molecule has 2 rings (SSSR count). The largest absolute Gasteiger partial charge is 0.363 e. The molecule has 2 aromatic rings. The number of nitrogens with zero attached hydrogens (tertiary/aromatic N) is 1. The second kappa shape index (κ2) is 6.04. The van der Waals surface area contributed by atoms with E-state index in [0.29, 0.717) is 11.7 Å². The highest BCUT2D eigenvalue weighted by molar-refractivity contribution is 5.99. The fraction of sp³-hybridized carbons (Fsp3) is 0.286. The number of nitrogens with one attached hydrogen (secondary N) is 2. The Hall–Kier alpha value is -2.30. The molecule has 0 aliphatic carbocycles. The number of amides is 2. The van der Waals surface area contributed by atoms with E-state index in [-0.39, 0.29) is 6.03 Å². The van der Waals surface area contributed by atoms with Crippen LogP contribution < -0.4 is 10.6 Å². The summed E-state index contributed by atoms with van der Waals surface area (Å²) >= 11 is 0. The summed E-state index contributed by atoms with van der Waals surface area (Å²) in [5.41, 5.74) is 1.94. The van der Waals surface area contributed by atoms with Gasteiger partial charge in [0.05, 0.1) is 0 Å². The van der Waals surface area contributed by atoms with Gasteiger partial charge in [0.15, 0.2) is 5.82 Å². The molecule has 1 aromatic carbocycles. The van der Waals surface area contributed by atoms with Crippen molar-refractivity contribution in [2.24, 2.45) is 0 Å². The summed E-state index contributed by atoms with van der Waals surface area (Å²) < 4.78 is 4.65. The molecule has 0 radical (unpaired) electrons. The van der Waals surface area contributed by atoms with Crippen LogP contribution in [-0.4, -0.2) is 11.2 Å². The third kappa shape index (κ3) is 3.34. The van der Waals surface area contributed by atoms with E-state index in [1.807, 2.05) is 24.3 Å². The Balaban J connectivity index is 2.08. The number of urea groups is 1. The number of benzene rings is 1. The summed E-state index contributed by atoms with van der Waals surface area (Å²) in [6, 6.07) is 9.05. The molecule has 1 unspecified atom stereocenters. The van der Waals surface area contributed by atoms with E-state index in [9.17, 15) is 4.79 Å². The van der Waals surface area contributed by atoms with E-state index < -0.39 is 0 Å². The first-order chi connectivity index (χ1) is 9.20. The van der Waals surface area contributed by atoms with Crippen LogP contribution in [0.4, 0.5) is 16.3 Å². The number of rotatable bonds is 4. The first-order valence-corrected chi connectivity index (χ1v) is 6.28. The maximum Gasteiger partial charge on any atom is 0.324 e. The fourth-order valence-electron chi connectivity index (χ4n) is 1.81. The highest BCUT2D eigenvalue weighted by atomic mass is 16.5. The molecule has 0 bridgehead atoms. The lowest BCUT2D eigenvalue weighted by molar-refractivity contribution is 0.262. The third-order valence-corrected chi connectivity index (χ3v) is 3.03. The lowest BCUT2D eigenvalue weighted by Crippen LogP contribution is -2.20. The summed E-state index contributed by atoms with van der Waals surface area (Å²) in [7, 11) is 0. The maximum absolute atomic E-state index is 11.8. The van der Waals surface area contributed by atoms with Gasteiger partial charge in [-0.15, -0.1) is 0 Å². The normalized spacial score (nSPS) is 11.9. The second-order valence-corrected chi connectivity index (χ2v) is 4.36. The van der Waals surface area contributed by atoms with Crippen molar-refractivity contribution in [1.29, 1.82) is 0 Å². The number of hydrogen-bond acceptors (Lipinski definition) is 3. The first kappa shape index (κ1) is 13.1. The van der Waals surface area contributed by atoms with Gasteiger partial charge in [-0.25, -0.2) is 4.79 Å². The van der Waals surface area contributed by atoms with Crippen molar-refractivity contribution in [3.05, 3.63) is 42.2 Å². The highest BCUT2D eigenvalue weighted by Crippen LogP contribution is 2.26. The van der Waals surface area contributed by atoms with Crippen LogP contribution >= 0.6 is 0 Å². The van der Waals surface area contributed by atoms with Gasteiger partial charge in [0.1, 0.15) is 6.26 Å². The average molecular weight is 259 g/mol.